The Hall–Kier alpha value is -2.99. The summed E-state index contributed by atoms with van der Waals surface area (Å²) in [5, 5.41) is 5.46. The minimum absolute atomic E-state index is 0.141. The topological polar surface area (TPSA) is 133 Å². The molecule has 0 saturated heterocycles. The monoisotopic (exact) mass is 653 g/mol. The molecule has 0 bridgehead atoms. The number of nitrogens with zero attached hydrogens (tertiary/aromatic N) is 1. The summed E-state index contributed by atoms with van der Waals surface area (Å²) < 4.78 is 22.5. The number of carbonyl (C=O) groups is 4. The van der Waals surface area contributed by atoms with Crippen LogP contribution in [0.4, 0.5) is 0 Å². The van der Waals surface area contributed by atoms with Crippen molar-refractivity contribution >= 4 is 34.6 Å². The first-order valence-corrected chi connectivity index (χ1v) is 16.4. The van der Waals surface area contributed by atoms with Crippen molar-refractivity contribution in [3.63, 3.8) is 0 Å². The maximum Gasteiger partial charge on any atom is 0.243 e. The minimum Gasteiger partial charge on any atom is -0.496 e. The van der Waals surface area contributed by atoms with Gasteiger partial charge in [-0.1, -0.05) is 52.3 Å². The third kappa shape index (κ3) is 11.7. The number of ether oxygens (including phenoxy) is 4. The molecule has 0 fully saturated rings. The van der Waals surface area contributed by atoms with E-state index in [1.807, 2.05) is 48.5 Å². The van der Waals surface area contributed by atoms with Crippen LogP contribution in [-0.2, 0) is 29.7 Å². The lowest BCUT2D eigenvalue weighted by atomic mass is 9.94. The van der Waals surface area contributed by atoms with E-state index in [0.717, 1.165) is 11.8 Å². The molecule has 0 aliphatic carbocycles. The van der Waals surface area contributed by atoms with E-state index in [0.29, 0.717) is 35.7 Å². The number of nitrogens with one attached hydrogen (secondary N) is 2. The molecule has 0 unspecified atom stereocenters. The molecule has 11 nitrogen and oxygen atoms in total. The van der Waals surface area contributed by atoms with Crippen LogP contribution in [0.5, 0.6) is 17.2 Å². The van der Waals surface area contributed by atoms with E-state index in [1.54, 1.807) is 26.1 Å². The molecule has 0 aliphatic heterocycles. The van der Waals surface area contributed by atoms with Gasteiger partial charge in [-0.15, -0.1) is 0 Å². The van der Waals surface area contributed by atoms with Gasteiger partial charge in [-0.3, -0.25) is 19.2 Å². The SMILES string of the molecule is CC[C@H](C)[C@H](NC(=O)[C@H]([C@@H](C)CC)N(C)C(C)=O)C(=O)N[C@H](C(=O)SCc1c(OC)cc(OC)cc1OC)[C@@H](C)OC(C)(C)C. The Balaban J connectivity index is 3.39. The number of amides is 3. The number of benzene rings is 1. The molecule has 0 spiro atoms. The third-order valence-corrected chi connectivity index (χ3v) is 8.87. The lowest BCUT2D eigenvalue weighted by molar-refractivity contribution is -0.141. The van der Waals surface area contributed by atoms with E-state index < -0.39 is 41.6 Å². The Labute approximate surface area is 273 Å². The normalized spacial score (nSPS) is 15.5. The van der Waals surface area contributed by atoms with E-state index in [4.69, 9.17) is 18.9 Å². The Kier molecular flexibility index (Phi) is 16.2. The lowest BCUT2D eigenvalue weighted by Crippen LogP contribution is -2.60. The van der Waals surface area contributed by atoms with Gasteiger partial charge in [0.25, 0.3) is 0 Å². The van der Waals surface area contributed by atoms with Crippen molar-refractivity contribution in [1.29, 1.82) is 0 Å². The molecular weight excluding hydrogens is 598 g/mol. The van der Waals surface area contributed by atoms with E-state index in [9.17, 15) is 19.2 Å². The quantitative estimate of drug-likeness (QED) is 0.248. The summed E-state index contributed by atoms with van der Waals surface area (Å²) in [5.74, 6) is 0.163. The fraction of sp³-hybridized carbons (Fsp3) is 0.697. The second-order valence-corrected chi connectivity index (χ2v) is 13.4. The first-order valence-electron chi connectivity index (χ1n) is 15.4. The molecule has 45 heavy (non-hydrogen) atoms. The van der Waals surface area contributed by atoms with E-state index >= 15 is 0 Å². The third-order valence-electron chi connectivity index (χ3n) is 7.90. The maximum atomic E-state index is 13.9. The molecular formula is C33H55N3O8S. The molecule has 6 atom stereocenters. The Morgan fingerprint density at radius 3 is 1.78 bits per heavy atom. The maximum absolute atomic E-state index is 13.9. The molecule has 0 saturated carbocycles. The standard InChI is InChI=1S/C33H55N3O8S/c1-14-19(3)27(34-31(39)29(20(4)15-2)36(10)22(6)37)30(38)35-28(21(5)44-33(7,8)9)32(40)45-18-24-25(42-12)16-23(41-11)17-26(24)43-13/h16-17,19-21,27-29H,14-15,18H2,1-13H3,(H,34,39)(H,35,38)/t19-,20-,21+,27-,28-,29-/m0/s1. The number of rotatable bonds is 17. The zero-order chi connectivity index (χ0) is 34.6. The summed E-state index contributed by atoms with van der Waals surface area (Å²) >= 11 is 0.999. The number of thioether (sulfide) groups is 1. The second-order valence-electron chi connectivity index (χ2n) is 12.4. The van der Waals surface area contributed by atoms with Gasteiger partial charge in [0.2, 0.25) is 22.8 Å². The highest BCUT2D eigenvalue weighted by molar-refractivity contribution is 8.13. The van der Waals surface area contributed by atoms with Crippen LogP contribution in [0.2, 0.25) is 0 Å². The van der Waals surface area contributed by atoms with Gasteiger partial charge in [-0.05, 0) is 39.5 Å². The van der Waals surface area contributed by atoms with Crippen LogP contribution in [0.25, 0.3) is 0 Å². The van der Waals surface area contributed by atoms with Gasteiger partial charge in [0.15, 0.2) is 0 Å². The minimum atomic E-state index is -1.04. The van der Waals surface area contributed by atoms with Crippen LogP contribution in [0, 0.1) is 11.8 Å². The highest BCUT2D eigenvalue weighted by Crippen LogP contribution is 2.37. The highest BCUT2D eigenvalue weighted by Gasteiger charge is 2.37. The molecule has 0 aliphatic rings. The Morgan fingerprint density at radius 1 is 0.844 bits per heavy atom. The molecule has 0 heterocycles. The summed E-state index contributed by atoms with van der Waals surface area (Å²) in [6.07, 6.45) is 0.557. The van der Waals surface area contributed by atoms with Crippen molar-refractivity contribution in [2.24, 2.45) is 11.8 Å². The molecule has 2 N–H and O–H groups in total. The van der Waals surface area contributed by atoms with Gasteiger partial charge in [0.1, 0.15) is 35.4 Å². The van der Waals surface area contributed by atoms with Gasteiger partial charge < -0.3 is 34.5 Å². The fourth-order valence-electron chi connectivity index (χ4n) is 4.87. The zero-order valence-electron chi connectivity index (χ0n) is 29.4. The van der Waals surface area contributed by atoms with E-state index in [1.165, 1.54) is 33.2 Å². The van der Waals surface area contributed by atoms with Crippen LogP contribution in [0.3, 0.4) is 0 Å². The number of carbonyl (C=O) groups excluding carboxylic acids is 4. The average molecular weight is 654 g/mol. The highest BCUT2D eigenvalue weighted by atomic mass is 32.2. The molecule has 256 valence electrons. The average Bonchev–Trinajstić information content (AvgIpc) is 2.98. The predicted molar refractivity (Wildman–Crippen MR) is 178 cm³/mol. The Bertz CT molecular complexity index is 1130. The van der Waals surface area contributed by atoms with Crippen molar-refractivity contribution in [1.82, 2.24) is 15.5 Å². The lowest BCUT2D eigenvalue weighted by Gasteiger charge is -2.34. The van der Waals surface area contributed by atoms with Crippen LogP contribution >= 0.6 is 11.8 Å². The molecule has 1 rings (SSSR count). The van der Waals surface area contributed by atoms with Gasteiger partial charge >= 0.3 is 0 Å². The molecule has 3 amide bonds. The van der Waals surface area contributed by atoms with Gasteiger partial charge in [-0.2, -0.15) is 0 Å². The van der Waals surface area contributed by atoms with Crippen molar-refractivity contribution in [3.05, 3.63) is 17.7 Å². The van der Waals surface area contributed by atoms with Gasteiger partial charge in [0, 0.05) is 37.4 Å². The number of hydrogen-bond donors (Lipinski definition) is 2. The van der Waals surface area contributed by atoms with Crippen LogP contribution in [-0.4, -0.2) is 85.9 Å². The summed E-state index contributed by atoms with van der Waals surface area (Å²) in [4.78, 5) is 54.9. The first kappa shape index (κ1) is 40.0. The van der Waals surface area contributed by atoms with E-state index in [-0.39, 0.29) is 28.6 Å². The summed E-state index contributed by atoms with van der Waals surface area (Å²) in [6, 6.07) is 0.688. The molecule has 0 aromatic heterocycles. The molecule has 0 radical (unpaired) electrons. The van der Waals surface area contributed by atoms with E-state index in [2.05, 4.69) is 10.6 Å². The fourth-order valence-corrected chi connectivity index (χ4v) is 5.87. The smallest absolute Gasteiger partial charge is 0.243 e. The summed E-state index contributed by atoms with van der Waals surface area (Å²) in [6.45, 7) is 16.4. The predicted octanol–water partition coefficient (Wildman–Crippen LogP) is 4.58. The first-order chi connectivity index (χ1) is 21.0. The molecule has 12 heteroatoms. The Morgan fingerprint density at radius 2 is 1.36 bits per heavy atom. The molecule has 1 aromatic rings. The van der Waals surface area contributed by atoms with Gasteiger partial charge in [0.05, 0.1) is 33.0 Å². The number of hydrogen-bond acceptors (Lipinski definition) is 9. The number of likely N-dealkylation sites (N-methyl/N-ethyl adjacent to an activating group) is 1. The van der Waals surface area contributed by atoms with Crippen molar-refractivity contribution < 1.29 is 38.1 Å². The van der Waals surface area contributed by atoms with Gasteiger partial charge in [-0.25, -0.2) is 0 Å². The zero-order valence-corrected chi connectivity index (χ0v) is 30.2. The van der Waals surface area contributed by atoms with Crippen LogP contribution < -0.4 is 24.8 Å². The number of methoxy groups -OCH3 is 3. The second kappa shape index (κ2) is 18.2. The summed E-state index contributed by atoms with van der Waals surface area (Å²) in [5.41, 5.74) is 0.0602. The largest absolute Gasteiger partial charge is 0.496 e. The molecule has 1 aromatic carbocycles. The van der Waals surface area contributed by atoms with Crippen molar-refractivity contribution in [3.8, 4) is 17.2 Å². The van der Waals surface area contributed by atoms with Crippen molar-refractivity contribution in [2.75, 3.05) is 28.4 Å². The van der Waals surface area contributed by atoms with Crippen LogP contribution in [0.1, 0.15) is 80.7 Å². The van der Waals surface area contributed by atoms with Crippen LogP contribution in [0.15, 0.2) is 12.1 Å². The summed E-state index contributed by atoms with van der Waals surface area (Å²) in [7, 11) is 6.17. The van der Waals surface area contributed by atoms with Crippen molar-refractivity contribution in [2.45, 2.75) is 111 Å².